The Morgan fingerprint density at radius 1 is 0.750 bits per heavy atom. The molecule has 1 aromatic carbocycles. The van der Waals surface area contributed by atoms with E-state index in [-0.39, 0.29) is 5.97 Å². The summed E-state index contributed by atoms with van der Waals surface area (Å²) in [4.78, 5) is 12.2. The third-order valence-electron chi connectivity index (χ3n) is 8.39. The Balaban J connectivity index is 1.36. The molecule has 0 atom stereocenters. The van der Waals surface area contributed by atoms with Gasteiger partial charge in [0.25, 0.3) is 0 Å². The highest BCUT2D eigenvalue weighted by Gasteiger charge is 2.31. The Kier molecular flexibility index (Phi) is 11.1. The third-order valence-corrected chi connectivity index (χ3v) is 8.39. The Labute approximate surface area is 197 Å². The number of unbranched alkanes of at least 4 members (excludes halogenated alkanes) is 5. The number of hydrogen-bond acceptors (Lipinski definition) is 2. The van der Waals surface area contributed by atoms with Gasteiger partial charge in [0.1, 0.15) is 0 Å². The lowest BCUT2D eigenvalue weighted by atomic mass is 9.68. The second kappa shape index (κ2) is 14.1. The first-order valence-electron chi connectivity index (χ1n) is 14.0. The van der Waals surface area contributed by atoms with Crippen molar-refractivity contribution < 1.29 is 9.53 Å². The van der Waals surface area contributed by atoms with Crippen LogP contribution in [-0.2, 0) is 4.74 Å². The van der Waals surface area contributed by atoms with Crippen LogP contribution in [0.5, 0.6) is 0 Å². The Bertz CT molecular complexity index is 633. The van der Waals surface area contributed by atoms with Gasteiger partial charge in [0, 0.05) is 0 Å². The summed E-state index contributed by atoms with van der Waals surface area (Å²) < 4.78 is 5.40. The van der Waals surface area contributed by atoms with Gasteiger partial charge in [-0.15, -0.1) is 0 Å². The summed E-state index contributed by atoms with van der Waals surface area (Å²) in [5.74, 6) is 3.49. The molecule has 0 bridgehead atoms. The average Bonchev–Trinajstić information content (AvgIpc) is 2.85. The van der Waals surface area contributed by atoms with Crippen LogP contribution in [0.15, 0.2) is 24.3 Å². The number of hydrogen-bond donors (Lipinski definition) is 0. The van der Waals surface area contributed by atoms with E-state index >= 15 is 0 Å². The summed E-state index contributed by atoms with van der Waals surface area (Å²) in [6.07, 6.45) is 21.8. The van der Waals surface area contributed by atoms with Crippen LogP contribution < -0.4 is 0 Å². The molecular weight excluding hydrogens is 392 g/mol. The van der Waals surface area contributed by atoms with Crippen molar-refractivity contribution in [2.75, 3.05) is 6.61 Å². The molecule has 2 aliphatic carbocycles. The molecule has 32 heavy (non-hydrogen) atoms. The molecule has 180 valence electrons. The summed E-state index contributed by atoms with van der Waals surface area (Å²) in [7, 11) is 0. The molecule has 0 aliphatic heterocycles. The van der Waals surface area contributed by atoms with E-state index in [1.165, 1.54) is 89.0 Å². The van der Waals surface area contributed by atoms with E-state index in [1.807, 2.05) is 12.1 Å². The first-order valence-corrected chi connectivity index (χ1v) is 14.0. The summed E-state index contributed by atoms with van der Waals surface area (Å²) in [5.41, 5.74) is 2.12. The molecule has 0 saturated heterocycles. The Morgan fingerprint density at radius 2 is 1.34 bits per heavy atom. The zero-order valence-corrected chi connectivity index (χ0v) is 21.0. The van der Waals surface area contributed by atoms with Crippen molar-refractivity contribution in [3.8, 4) is 0 Å². The summed E-state index contributed by atoms with van der Waals surface area (Å²) >= 11 is 0. The number of ether oxygens (including phenoxy) is 1. The van der Waals surface area contributed by atoms with Gasteiger partial charge in [0.05, 0.1) is 12.2 Å². The van der Waals surface area contributed by atoms with Crippen molar-refractivity contribution in [1.29, 1.82) is 0 Å². The van der Waals surface area contributed by atoms with E-state index in [9.17, 15) is 4.79 Å². The van der Waals surface area contributed by atoms with E-state index < -0.39 is 0 Å². The molecular formula is C30H48O2. The van der Waals surface area contributed by atoms with Crippen LogP contribution >= 0.6 is 0 Å². The van der Waals surface area contributed by atoms with Gasteiger partial charge in [-0.05, 0) is 86.3 Å². The van der Waals surface area contributed by atoms with Crippen molar-refractivity contribution in [2.45, 2.75) is 122 Å². The van der Waals surface area contributed by atoms with Crippen molar-refractivity contribution in [3.63, 3.8) is 0 Å². The summed E-state index contributed by atoms with van der Waals surface area (Å²) in [6, 6.07) is 8.31. The van der Waals surface area contributed by atoms with Gasteiger partial charge in [-0.25, -0.2) is 4.79 Å². The van der Waals surface area contributed by atoms with Gasteiger partial charge in [-0.3, -0.25) is 0 Å². The highest BCUT2D eigenvalue weighted by atomic mass is 16.5. The van der Waals surface area contributed by atoms with Crippen LogP contribution in [0.1, 0.15) is 138 Å². The lowest BCUT2D eigenvalue weighted by molar-refractivity contribution is 0.0498. The number of carbonyl (C=O) groups excluding carboxylic acids is 1. The fourth-order valence-corrected chi connectivity index (χ4v) is 6.22. The van der Waals surface area contributed by atoms with Gasteiger partial charge in [0.2, 0.25) is 0 Å². The maximum absolute atomic E-state index is 12.2. The highest BCUT2D eigenvalue weighted by molar-refractivity contribution is 5.89. The number of benzene rings is 1. The van der Waals surface area contributed by atoms with Gasteiger partial charge < -0.3 is 4.74 Å². The third kappa shape index (κ3) is 7.92. The standard InChI is InChI=1S/C30H48O2/c1-3-5-7-8-10-24-11-13-25(14-12-24)26-15-17-27(18-16-26)28-19-21-29(22-20-28)30(31)32-23-9-6-4-2/h19-22,24-27H,3-18,23H2,1-2H3. The lowest BCUT2D eigenvalue weighted by Gasteiger charge is -2.38. The maximum atomic E-state index is 12.2. The smallest absolute Gasteiger partial charge is 0.338 e. The maximum Gasteiger partial charge on any atom is 0.338 e. The van der Waals surface area contributed by atoms with Gasteiger partial charge in [-0.1, -0.05) is 83.8 Å². The highest BCUT2D eigenvalue weighted by Crippen LogP contribution is 2.44. The molecule has 0 amide bonds. The van der Waals surface area contributed by atoms with Crippen LogP contribution in [-0.4, -0.2) is 12.6 Å². The second-order valence-electron chi connectivity index (χ2n) is 10.7. The fraction of sp³-hybridized carbons (Fsp3) is 0.767. The molecule has 2 saturated carbocycles. The van der Waals surface area contributed by atoms with Gasteiger partial charge in [0.15, 0.2) is 0 Å². The van der Waals surface area contributed by atoms with Crippen LogP contribution in [0.4, 0.5) is 0 Å². The van der Waals surface area contributed by atoms with Crippen molar-refractivity contribution in [3.05, 3.63) is 35.4 Å². The molecule has 0 radical (unpaired) electrons. The van der Waals surface area contributed by atoms with Gasteiger partial charge in [-0.2, -0.15) is 0 Å². The van der Waals surface area contributed by atoms with Crippen LogP contribution in [0.2, 0.25) is 0 Å². The van der Waals surface area contributed by atoms with E-state index in [0.29, 0.717) is 18.1 Å². The normalized spacial score (nSPS) is 26.1. The molecule has 0 unspecified atom stereocenters. The van der Waals surface area contributed by atoms with Crippen molar-refractivity contribution in [2.24, 2.45) is 17.8 Å². The van der Waals surface area contributed by atoms with E-state index in [2.05, 4.69) is 26.0 Å². The van der Waals surface area contributed by atoms with Crippen LogP contribution in [0.3, 0.4) is 0 Å². The molecule has 1 aromatic rings. The molecule has 2 aliphatic rings. The predicted molar refractivity (Wildman–Crippen MR) is 135 cm³/mol. The Morgan fingerprint density at radius 3 is 1.97 bits per heavy atom. The second-order valence-corrected chi connectivity index (χ2v) is 10.7. The first kappa shape index (κ1) is 25.3. The number of esters is 1. The van der Waals surface area contributed by atoms with E-state index in [4.69, 9.17) is 4.74 Å². The SMILES string of the molecule is CCCCCCC1CCC(C2CCC(c3ccc(C(=O)OCCCCC)cc3)CC2)CC1. The molecule has 0 heterocycles. The fourth-order valence-electron chi connectivity index (χ4n) is 6.22. The molecule has 0 spiro atoms. The number of carbonyl (C=O) groups is 1. The monoisotopic (exact) mass is 440 g/mol. The molecule has 2 heteroatoms. The molecule has 0 N–H and O–H groups in total. The topological polar surface area (TPSA) is 26.3 Å². The molecule has 2 nitrogen and oxygen atoms in total. The van der Waals surface area contributed by atoms with Crippen LogP contribution in [0, 0.1) is 17.8 Å². The minimum atomic E-state index is -0.169. The van der Waals surface area contributed by atoms with Crippen molar-refractivity contribution in [1.82, 2.24) is 0 Å². The summed E-state index contributed by atoms with van der Waals surface area (Å²) in [5, 5.41) is 0. The van der Waals surface area contributed by atoms with Gasteiger partial charge >= 0.3 is 5.97 Å². The predicted octanol–water partition coefficient (Wildman–Crippen LogP) is 9.08. The first-order chi connectivity index (χ1) is 15.7. The minimum Gasteiger partial charge on any atom is -0.462 e. The molecule has 0 aromatic heterocycles. The zero-order valence-electron chi connectivity index (χ0n) is 21.0. The van der Waals surface area contributed by atoms with Crippen LogP contribution in [0.25, 0.3) is 0 Å². The van der Waals surface area contributed by atoms with E-state index in [0.717, 1.165) is 37.0 Å². The minimum absolute atomic E-state index is 0.169. The Hall–Kier alpha value is -1.31. The quantitative estimate of drug-likeness (QED) is 0.239. The molecule has 2 fully saturated rings. The molecule has 3 rings (SSSR count). The largest absolute Gasteiger partial charge is 0.462 e. The summed E-state index contributed by atoms with van der Waals surface area (Å²) in [6.45, 7) is 5.01. The van der Waals surface area contributed by atoms with Crippen molar-refractivity contribution >= 4 is 5.97 Å². The average molecular weight is 441 g/mol. The van der Waals surface area contributed by atoms with E-state index in [1.54, 1.807) is 0 Å². The number of rotatable bonds is 12. The lowest BCUT2D eigenvalue weighted by Crippen LogP contribution is -2.25. The zero-order chi connectivity index (χ0) is 22.6.